The van der Waals surface area contributed by atoms with E-state index in [2.05, 4.69) is 11.0 Å². The van der Waals surface area contributed by atoms with Gasteiger partial charge in [-0.05, 0) is 45.7 Å². The van der Waals surface area contributed by atoms with Crippen LogP contribution in [-0.4, -0.2) is 42.5 Å². The smallest absolute Gasteiger partial charge is 0.414 e. The number of aliphatic hydroxyl groups excluding tert-OH is 1. The van der Waals surface area contributed by atoms with Crippen LogP contribution in [0.5, 0.6) is 0 Å². The maximum atomic E-state index is 12.4. The van der Waals surface area contributed by atoms with E-state index in [1.165, 1.54) is 5.56 Å². The number of amides is 1. The van der Waals surface area contributed by atoms with E-state index < -0.39 is 5.60 Å². The van der Waals surface area contributed by atoms with Crippen LogP contribution in [0.15, 0.2) is 18.2 Å². The maximum absolute atomic E-state index is 12.4. The summed E-state index contributed by atoms with van der Waals surface area (Å²) in [6, 6.07) is 6.03. The average Bonchev–Trinajstić information content (AvgIpc) is 3.02. The van der Waals surface area contributed by atoms with Crippen molar-refractivity contribution in [1.82, 2.24) is 0 Å². The minimum atomic E-state index is -0.490. The molecule has 1 saturated heterocycles. The normalized spacial score (nSPS) is 21.2. The summed E-state index contributed by atoms with van der Waals surface area (Å²) in [6.45, 7) is 7.82. The quantitative estimate of drug-likeness (QED) is 0.866. The van der Waals surface area contributed by atoms with Gasteiger partial charge in [0.25, 0.3) is 0 Å². The Bertz CT molecular complexity index is 580. The third-order valence-electron chi connectivity index (χ3n) is 4.12. The Kier molecular flexibility index (Phi) is 3.77. The maximum Gasteiger partial charge on any atom is 0.414 e. The van der Waals surface area contributed by atoms with Gasteiger partial charge in [-0.3, -0.25) is 4.90 Å². The third kappa shape index (κ3) is 2.90. The Morgan fingerprint density at radius 1 is 1.27 bits per heavy atom. The van der Waals surface area contributed by atoms with Crippen LogP contribution in [0.4, 0.5) is 16.2 Å². The molecule has 2 heterocycles. The van der Waals surface area contributed by atoms with Crippen LogP contribution in [0.25, 0.3) is 0 Å². The van der Waals surface area contributed by atoms with Gasteiger partial charge in [-0.15, -0.1) is 0 Å². The number of fused-ring (bicyclic) bond motifs is 1. The van der Waals surface area contributed by atoms with Crippen LogP contribution in [0.3, 0.4) is 0 Å². The molecule has 1 atom stereocenters. The first kappa shape index (κ1) is 15.2. The molecule has 2 aliphatic heterocycles. The van der Waals surface area contributed by atoms with Crippen LogP contribution in [-0.2, 0) is 11.2 Å². The second kappa shape index (κ2) is 5.47. The van der Waals surface area contributed by atoms with Gasteiger partial charge in [-0.25, -0.2) is 4.79 Å². The summed E-state index contributed by atoms with van der Waals surface area (Å²) < 4.78 is 5.49. The number of rotatable bonds is 1. The number of β-amino-alcohol motifs (C(OH)–C–C–N with tert-alkyl or cyclic N) is 1. The number of hydrogen-bond acceptors (Lipinski definition) is 4. The molecule has 0 aliphatic carbocycles. The fourth-order valence-corrected chi connectivity index (χ4v) is 3.18. The molecule has 1 fully saturated rings. The number of ether oxygens (including phenoxy) is 1. The Morgan fingerprint density at radius 3 is 2.64 bits per heavy atom. The van der Waals surface area contributed by atoms with Gasteiger partial charge < -0.3 is 14.7 Å². The molecule has 5 heteroatoms. The van der Waals surface area contributed by atoms with Gasteiger partial charge in [0.15, 0.2) is 0 Å². The number of hydrogen-bond donors (Lipinski definition) is 1. The molecular formula is C17H24N2O3. The zero-order valence-electron chi connectivity index (χ0n) is 13.5. The number of carbonyl (C=O) groups excluding carboxylic acids is 1. The van der Waals surface area contributed by atoms with Crippen LogP contribution < -0.4 is 9.80 Å². The van der Waals surface area contributed by atoms with Crippen molar-refractivity contribution >= 4 is 17.5 Å². The van der Waals surface area contributed by atoms with Crippen LogP contribution >= 0.6 is 0 Å². The molecule has 1 aromatic carbocycles. The number of aliphatic hydroxyl groups is 1. The minimum Gasteiger partial charge on any atom is -0.443 e. The molecule has 22 heavy (non-hydrogen) atoms. The Labute approximate surface area is 131 Å². The summed E-state index contributed by atoms with van der Waals surface area (Å²) in [6.07, 6.45) is 1.10. The molecule has 0 aromatic heterocycles. The van der Waals surface area contributed by atoms with Gasteiger partial charge in [0.2, 0.25) is 0 Å². The van der Waals surface area contributed by atoms with Crippen molar-refractivity contribution in [3.63, 3.8) is 0 Å². The van der Waals surface area contributed by atoms with Crippen molar-refractivity contribution < 1.29 is 14.6 Å². The highest BCUT2D eigenvalue weighted by Crippen LogP contribution is 2.37. The third-order valence-corrected chi connectivity index (χ3v) is 4.12. The first-order valence-corrected chi connectivity index (χ1v) is 7.90. The van der Waals surface area contributed by atoms with E-state index in [1.807, 2.05) is 32.9 Å². The highest BCUT2D eigenvalue weighted by atomic mass is 16.6. The summed E-state index contributed by atoms with van der Waals surface area (Å²) in [4.78, 5) is 16.3. The number of nitrogens with zero attached hydrogens (tertiary/aromatic N) is 2. The number of carbonyl (C=O) groups is 1. The molecule has 1 aromatic rings. The lowest BCUT2D eigenvalue weighted by molar-refractivity contribution is 0.0584. The molecule has 0 bridgehead atoms. The second-order valence-corrected chi connectivity index (χ2v) is 7.05. The van der Waals surface area contributed by atoms with E-state index in [0.717, 1.165) is 30.8 Å². The Hall–Kier alpha value is -1.75. The van der Waals surface area contributed by atoms with Crippen molar-refractivity contribution in [2.75, 3.05) is 29.4 Å². The monoisotopic (exact) mass is 304 g/mol. The topological polar surface area (TPSA) is 53.0 Å². The predicted octanol–water partition coefficient (Wildman–Crippen LogP) is 2.56. The van der Waals surface area contributed by atoms with E-state index in [-0.39, 0.29) is 12.2 Å². The highest BCUT2D eigenvalue weighted by molar-refractivity contribution is 5.92. The predicted molar refractivity (Wildman–Crippen MR) is 86.6 cm³/mol. The Balaban J connectivity index is 1.85. The fraction of sp³-hybridized carbons (Fsp3) is 0.588. The molecule has 5 nitrogen and oxygen atoms in total. The molecule has 1 unspecified atom stereocenters. The molecule has 1 N–H and O–H groups in total. The van der Waals surface area contributed by atoms with Crippen LogP contribution in [0, 0.1) is 0 Å². The van der Waals surface area contributed by atoms with Crippen molar-refractivity contribution in [2.45, 2.75) is 45.3 Å². The van der Waals surface area contributed by atoms with Gasteiger partial charge in [0.1, 0.15) is 5.60 Å². The van der Waals surface area contributed by atoms with E-state index in [0.29, 0.717) is 13.1 Å². The van der Waals surface area contributed by atoms with Gasteiger partial charge in [-0.1, -0.05) is 6.07 Å². The van der Waals surface area contributed by atoms with Crippen LogP contribution in [0.2, 0.25) is 0 Å². The summed E-state index contributed by atoms with van der Waals surface area (Å²) in [7, 11) is 0. The average molecular weight is 304 g/mol. The zero-order chi connectivity index (χ0) is 15.9. The van der Waals surface area contributed by atoms with Gasteiger partial charge in [0.05, 0.1) is 11.8 Å². The first-order chi connectivity index (χ1) is 10.3. The molecule has 1 amide bonds. The molecule has 0 saturated carbocycles. The lowest BCUT2D eigenvalue weighted by atomic mass is 10.1. The number of benzene rings is 1. The van der Waals surface area contributed by atoms with Crippen molar-refractivity contribution in [1.29, 1.82) is 0 Å². The van der Waals surface area contributed by atoms with Crippen LogP contribution in [0.1, 0.15) is 32.8 Å². The fourth-order valence-electron chi connectivity index (χ4n) is 3.18. The molecule has 120 valence electrons. The molecular weight excluding hydrogens is 280 g/mol. The summed E-state index contributed by atoms with van der Waals surface area (Å²) in [5.74, 6) is 0. The second-order valence-electron chi connectivity index (χ2n) is 7.05. The zero-order valence-corrected chi connectivity index (χ0v) is 13.5. The van der Waals surface area contributed by atoms with Gasteiger partial charge in [-0.2, -0.15) is 0 Å². The van der Waals surface area contributed by atoms with Crippen molar-refractivity contribution in [2.24, 2.45) is 0 Å². The molecule has 2 aliphatic rings. The van der Waals surface area contributed by atoms with E-state index in [1.54, 1.807) is 4.90 Å². The van der Waals surface area contributed by atoms with Crippen molar-refractivity contribution in [3.8, 4) is 0 Å². The lowest BCUT2D eigenvalue weighted by Crippen LogP contribution is -2.35. The minimum absolute atomic E-state index is 0.251. The SMILES string of the molecule is CC(C)(C)OC(=O)N1CCc2c(N3CCC(O)C3)cccc21. The molecule has 3 rings (SSSR count). The van der Waals surface area contributed by atoms with Crippen molar-refractivity contribution in [3.05, 3.63) is 23.8 Å². The largest absolute Gasteiger partial charge is 0.443 e. The highest BCUT2D eigenvalue weighted by Gasteiger charge is 2.32. The summed E-state index contributed by atoms with van der Waals surface area (Å²) >= 11 is 0. The molecule has 0 spiro atoms. The van der Waals surface area contributed by atoms with Gasteiger partial charge >= 0.3 is 6.09 Å². The molecule has 0 radical (unpaired) electrons. The van der Waals surface area contributed by atoms with E-state index >= 15 is 0 Å². The Morgan fingerprint density at radius 2 is 2.00 bits per heavy atom. The van der Waals surface area contributed by atoms with E-state index in [4.69, 9.17) is 4.74 Å². The standard InChI is InChI=1S/C17H24N2O3/c1-17(2,3)22-16(21)19-10-8-13-14(5-4-6-15(13)19)18-9-7-12(20)11-18/h4-6,12,20H,7-11H2,1-3H3. The lowest BCUT2D eigenvalue weighted by Gasteiger charge is -2.25. The van der Waals surface area contributed by atoms with E-state index in [9.17, 15) is 9.90 Å². The van der Waals surface area contributed by atoms with Gasteiger partial charge in [0, 0.05) is 30.9 Å². The number of anilines is 2. The first-order valence-electron chi connectivity index (χ1n) is 7.90. The summed E-state index contributed by atoms with van der Waals surface area (Å²) in [5, 5.41) is 9.75. The summed E-state index contributed by atoms with van der Waals surface area (Å²) in [5.41, 5.74) is 2.77.